The van der Waals surface area contributed by atoms with E-state index in [1.807, 2.05) is 34.9 Å². The highest BCUT2D eigenvalue weighted by Crippen LogP contribution is 2.22. The molecule has 1 aliphatic heterocycles. The van der Waals surface area contributed by atoms with Crippen molar-refractivity contribution in [3.63, 3.8) is 0 Å². The lowest BCUT2D eigenvalue weighted by atomic mass is 9.99. The first-order valence-electron chi connectivity index (χ1n) is 8.78. The summed E-state index contributed by atoms with van der Waals surface area (Å²) >= 11 is 0. The number of morpholine rings is 1. The number of ether oxygens (including phenoxy) is 2. The van der Waals surface area contributed by atoms with Gasteiger partial charge in [0.15, 0.2) is 11.9 Å². The Kier molecular flexibility index (Phi) is 6.50. The minimum Gasteiger partial charge on any atom is -0.385 e. The Balaban J connectivity index is 1.63. The van der Waals surface area contributed by atoms with E-state index in [1.165, 1.54) is 0 Å². The quantitative estimate of drug-likeness (QED) is 0.640. The fraction of sp³-hybridized carbons (Fsp3) is 0.444. The van der Waals surface area contributed by atoms with Gasteiger partial charge in [0.1, 0.15) is 12.9 Å². The molecule has 0 radical (unpaired) electrons. The zero-order valence-electron chi connectivity index (χ0n) is 15.1. The van der Waals surface area contributed by atoms with Crippen LogP contribution in [0.2, 0.25) is 0 Å². The molecule has 9 nitrogen and oxygen atoms in total. The largest absolute Gasteiger partial charge is 0.385 e. The molecule has 0 bridgehead atoms. The van der Waals surface area contributed by atoms with Crippen LogP contribution < -0.4 is 10.6 Å². The zero-order valence-corrected chi connectivity index (χ0v) is 15.1. The van der Waals surface area contributed by atoms with E-state index in [4.69, 9.17) is 9.47 Å². The lowest BCUT2D eigenvalue weighted by Gasteiger charge is -2.31. The summed E-state index contributed by atoms with van der Waals surface area (Å²) in [7, 11) is 1.65. The van der Waals surface area contributed by atoms with Gasteiger partial charge in [0.05, 0.1) is 12.6 Å². The summed E-state index contributed by atoms with van der Waals surface area (Å²) in [5, 5.41) is 13.6. The minimum absolute atomic E-state index is 0.144. The molecule has 9 heteroatoms. The number of amides is 2. The Hall–Kier alpha value is -2.78. The van der Waals surface area contributed by atoms with Gasteiger partial charge in [0.2, 0.25) is 5.91 Å². The third-order valence-corrected chi connectivity index (χ3v) is 4.29. The van der Waals surface area contributed by atoms with Crippen molar-refractivity contribution < 1.29 is 19.1 Å². The number of nitrogens with one attached hydrogen (secondary N) is 2. The summed E-state index contributed by atoms with van der Waals surface area (Å²) in [5.74, 6) is 0.0941. The van der Waals surface area contributed by atoms with E-state index >= 15 is 0 Å². The molecule has 2 heterocycles. The molecule has 1 aliphatic rings. The van der Waals surface area contributed by atoms with Gasteiger partial charge in [-0.25, -0.2) is 0 Å². The number of methoxy groups -OCH3 is 1. The summed E-state index contributed by atoms with van der Waals surface area (Å²) in [6.07, 6.45) is 1.64. The van der Waals surface area contributed by atoms with Gasteiger partial charge in [-0.1, -0.05) is 30.3 Å². The van der Waals surface area contributed by atoms with E-state index in [-0.39, 0.29) is 25.0 Å². The van der Waals surface area contributed by atoms with Crippen LogP contribution >= 0.6 is 0 Å². The number of carbonyl (C=O) groups is 2. The monoisotopic (exact) mass is 373 g/mol. The van der Waals surface area contributed by atoms with Crippen LogP contribution in [0.5, 0.6) is 0 Å². The number of aryl methyl sites for hydroxylation is 1. The van der Waals surface area contributed by atoms with Gasteiger partial charge in [-0.15, -0.1) is 10.2 Å². The molecule has 1 fully saturated rings. The summed E-state index contributed by atoms with van der Waals surface area (Å²) < 4.78 is 12.4. The molecule has 2 aromatic rings. The molecular weight excluding hydrogens is 350 g/mol. The molecule has 3 rings (SSSR count). The fourth-order valence-electron chi connectivity index (χ4n) is 2.95. The van der Waals surface area contributed by atoms with Crippen LogP contribution in [0.25, 0.3) is 0 Å². The van der Waals surface area contributed by atoms with Gasteiger partial charge in [-0.3, -0.25) is 9.59 Å². The highest BCUT2D eigenvalue weighted by atomic mass is 16.5. The second-order valence-electron chi connectivity index (χ2n) is 6.19. The molecule has 144 valence electrons. The number of carbonyl (C=O) groups excluding carboxylic acids is 2. The molecule has 2 atom stereocenters. The van der Waals surface area contributed by atoms with Crippen LogP contribution in [0.1, 0.15) is 23.9 Å². The van der Waals surface area contributed by atoms with Gasteiger partial charge in [0.25, 0.3) is 5.91 Å². The predicted octanol–water partition coefficient (Wildman–Crippen LogP) is 0.187. The molecule has 1 aromatic heterocycles. The van der Waals surface area contributed by atoms with E-state index in [9.17, 15) is 9.59 Å². The van der Waals surface area contributed by atoms with Crippen LogP contribution in [0.3, 0.4) is 0 Å². The van der Waals surface area contributed by atoms with E-state index in [1.54, 1.807) is 13.4 Å². The maximum absolute atomic E-state index is 12.7. The maximum atomic E-state index is 12.7. The van der Waals surface area contributed by atoms with Crippen molar-refractivity contribution in [2.24, 2.45) is 0 Å². The highest BCUT2D eigenvalue weighted by Gasteiger charge is 2.36. The smallest absolute Gasteiger partial charge is 0.252 e. The molecule has 2 amide bonds. The zero-order chi connectivity index (χ0) is 19.1. The van der Waals surface area contributed by atoms with E-state index in [0.717, 1.165) is 12.0 Å². The third-order valence-electron chi connectivity index (χ3n) is 4.29. The average molecular weight is 373 g/mol. The number of nitrogens with zero attached hydrogens (tertiary/aromatic N) is 3. The second-order valence-corrected chi connectivity index (χ2v) is 6.19. The lowest BCUT2D eigenvalue weighted by molar-refractivity contribution is -0.148. The summed E-state index contributed by atoms with van der Waals surface area (Å²) in [5.41, 5.74) is 0.813. The molecule has 27 heavy (non-hydrogen) atoms. The first kappa shape index (κ1) is 19.0. The van der Waals surface area contributed by atoms with Crippen LogP contribution in [0.4, 0.5) is 0 Å². The van der Waals surface area contributed by atoms with Crippen molar-refractivity contribution in [2.75, 3.05) is 20.3 Å². The van der Waals surface area contributed by atoms with Crippen LogP contribution in [0, 0.1) is 0 Å². The highest BCUT2D eigenvalue weighted by molar-refractivity contribution is 5.86. The molecule has 1 saturated heterocycles. The van der Waals surface area contributed by atoms with Crippen LogP contribution in [-0.2, 0) is 32.2 Å². The van der Waals surface area contributed by atoms with Crippen molar-refractivity contribution in [3.8, 4) is 0 Å². The van der Waals surface area contributed by atoms with Crippen molar-refractivity contribution in [3.05, 3.63) is 48.0 Å². The molecule has 0 aliphatic carbocycles. The average Bonchev–Trinajstić information content (AvgIpc) is 3.14. The number of hydrogen-bond acceptors (Lipinski definition) is 6. The number of hydrogen-bond donors (Lipinski definition) is 2. The van der Waals surface area contributed by atoms with E-state index < -0.39 is 12.1 Å². The summed E-state index contributed by atoms with van der Waals surface area (Å²) in [6.45, 7) is 1.42. The SMILES string of the molecule is COCCCn1cnnc1CNC(=O)[C@H]1OCC(=O)N[C@@H]1c1ccccc1. The lowest BCUT2D eigenvalue weighted by Crippen LogP contribution is -2.52. The molecule has 0 spiro atoms. The standard InChI is InChI=1S/C18H23N5O4/c1-26-9-5-8-23-12-20-22-14(23)10-19-18(25)17-16(21-15(24)11-27-17)13-6-3-2-4-7-13/h2-4,6-7,12,16-17H,5,8-11H2,1H3,(H,19,25)(H,21,24)/t16-,17+/m1/s1. The van der Waals surface area contributed by atoms with E-state index in [2.05, 4.69) is 20.8 Å². The Morgan fingerprint density at radius 3 is 3.00 bits per heavy atom. The van der Waals surface area contributed by atoms with Crippen molar-refractivity contribution in [2.45, 2.75) is 31.7 Å². The summed E-state index contributed by atoms with van der Waals surface area (Å²) in [6, 6.07) is 8.76. The Morgan fingerprint density at radius 2 is 2.22 bits per heavy atom. The van der Waals surface area contributed by atoms with Gasteiger partial charge >= 0.3 is 0 Å². The normalized spacial score (nSPS) is 19.5. The first-order valence-corrected chi connectivity index (χ1v) is 8.78. The molecule has 1 aromatic carbocycles. The van der Waals surface area contributed by atoms with Crippen molar-refractivity contribution in [1.29, 1.82) is 0 Å². The third kappa shape index (κ3) is 4.89. The molecule has 0 saturated carbocycles. The van der Waals surface area contributed by atoms with Gasteiger partial charge < -0.3 is 24.7 Å². The first-order chi connectivity index (χ1) is 13.2. The molecular formula is C18H23N5O4. The number of benzene rings is 1. The minimum atomic E-state index is -0.810. The maximum Gasteiger partial charge on any atom is 0.252 e. The second kappa shape index (κ2) is 9.24. The van der Waals surface area contributed by atoms with Crippen molar-refractivity contribution >= 4 is 11.8 Å². The van der Waals surface area contributed by atoms with E-state index in [0.29, 0.717) is 19.0 Å². The Bertz CT molecular complexity index is 764. The predicted molar refractivity (Wildman–Crippen MR) is 95.4 cm³/mol. The molecule has 2 N–H and O–H groups in total. The topological polar surface area (TPSA) is 107 Å². The number of rotatable bonds is 8. The molecule has 0 unspecified atom stereocenters. The van der Waals surface area contributed by atoms with Gasteiger partial charge in [-0.2, -0.15) is 0 Å². The number of aromatic nitrogens is 3. The Morgan fingerprint density at radius 1 is 1.41 bits per heavy atom. The van der Waals surface area contributed by atoms with Crippen LogP contribution in [-0.4, -0.2) is 53.0 Å². The van der Waals surface area contributed by atoms with Gasteiger partial charge in [-0.05, 0) is 12.0 Å². The Labute approximate surface area is 157 Å². The fourth-order valence-corrected chi connectivity index (χ4v) is 2.95. The van der Waals surface area contributed by atoms with Crippen LogP contribution in [0.15, 0.2) is 36.7 Å². The van der Waals surface area contributed by atoms with Gasteiger partial charge in [0, 0.05) is 20.3 Å². The summed E-state index contributed by atoms with van der Waals surface area (Å²) in [4.78, 5) is 24.4. The van der Waals surface area contributed by atoms with Crippen molar-refractivity contribution in [1.82, 2.24) is 25.4 Å².